The molecule has 1 aromatic rings. The Kier molecular flexibility index (Phi) is 4.71. The molecule has 18 heavy (non-hydrogen) atoms. The molecule has 0 saturated carbocycles. The number of carbonyl (C=O) groups is 2. The maximum Gasteiger partial charge on any atom is 0.303 e. The van der Waals surface area contributed by atoms with Crippen LogP contribution in [0.15, 0.2) is 12.1 Å². The van der Waals surface area contributed by atoms with Crippen LogP contribution in [0.3, 0.4) is 0 Å². The van der Waals surface area contributed by atoms with Crippen molar-refractivity contribution in [2.75, 3.05) is 12.4 Å². The van der Waals surface area contributed by atoms with Crippen molar-refractivity contribution in [3.8, 4) is 5.75 Å². The van der Waals surface area contributed by atoms with E-state index in [1.165, 1.54) is 7.11 Å². The quantitative estimate of drug-likeness (QED) is 0.840. The number of anilines is 1. The summed E-state index contributed by atoms with van der Waals surface area (Å²) in [6.07, 6.45) is -0.232. The van der Waals surface area contributed by atoms with Gasteiger partial charge in [0.25, 0.3) is 0 Å². The van der Waals surface area contributed by atoms with Crippen LogP contribution in [-0.2, 0) is 9.59 Å². The molecule has 5 heteroatoms. The van der Waals surface area contributed by atoms with E-state index in [0.717, 1.165) is 11.1 Å². The zero-order valence-corrected chi connectivity index (χ0v) is 10.7. The normalized spacial score (nSPS) is 9.94. The van der Waals surface area contributed by atoms with E-state index >= 15 is 0 Å². The van der Waals surface area contributed by atoms with Crippen LogP contribution in [0.1, 0.15) is 24.0 Å². The molecule has 0 spiro atoms. The molecule has 1 aromatic carbocycles. The third-order valence-electron chi connectivity index (χ3n) is 2.66. The second-order valence-corrected chi connectivity index (χ2v) is 4.08. The Hall–Kier alpha value is -2.04. The number of aliphatic carboxylic acids is 1. The van der Waals surface area contributed by atoms with Gasteiger partial charge >= 0.3 is 5.97 Å². The molecule has 0 unspecified atom stereocenters. The highest BCUT2D eigenvalue weighted by molar-refractivity contribution is 5.94. The van der Waals surface area contributed by atoms with Gasteiger partial charge in [0.15, 0.2) is 0 Å². The highest BCUT2D eigenvalue weighted by Crippen LogP contribution is 2.28. The van der Waals surface area contributed by atoms with Crippen molar-refractivity contribution in [2.45, 2.75) is 26.7 Å². The summed E-state index contributed by atoms with van der Waals surface area (Å²) in [7, 11) is 1.52. The first kappa shape index (κ1) is 14.0. The summed E-state index contributed by atoms with van der Waals surface area (Å²) in [5.74, 6) is -0.752. The zero-order chi connectivity index (χ0) is 13.7. The average Bonchev–Trinajstić information content (AvgIpc) is 2.31. The molecule has 0 saturated heterocycles. The maximum absolute atomic E-state index is 11.6. The molecule has 0 radical (unpaired) electrons. The number of carboxylic acid groups (broad SMARTS) is 1. The molecular formula is C13H17NO4. The first-order chi connectivity index (χ1) is 8.43. The number of amides is 1. The van der Waals surface area contributed by atoms with Crippen LogP contribution in [-0.4, -0.2) is 24.1 Å². The number of hydrogen-bond acceptors (Lipinski definition) is 3. The number of nitrogens with one attached hydrogen (secondary N) is 1. The van der Waals surface area contributed by atoms with Gasteiger partial charge in [-0.15, -0.1) is 0 Å². The average molecular weight is 251 g/mol. The summed E-state index contributed by atoms with van der Waals surface area (Å²) in [6, 6.07) is 3.65. The van der Waals surface area contributed by atoms with E-state index in [9.17, 15) is 9.59 Å². The first-order valence-corrected chi connectivity index (χ1v) is 5.61. The van der Waals surface area contributed by atoms with Crippen LogP contribution in [0.25, 0.3) is 0 Å². The molecular weight excluding hydrogens is 234 g/mol. The van der Waals surface area contributed by atoms with Gasteiger partial charge in [-0.3, -0.25) is 9.59 Å². The number of ether oxygens (including phenoxy) is 1. The fourth-order valence-corrected chi connectivity index (χ4v) is 1.49. The zero-order valence-electron chi connectivity index (χ0n) is 10.7. The summed E-state index contributed by atoms with van der Waals surface area (Å²) < 4.78 is 5.18. The Bertz CT molecular complexity index is 468. The molecule has 5 nitrogen and oxygen atoms in total. The lowest BCUT2D eigenvalue weighted by Crippen LogP contribution is -2.14. The topological polar surface area (TPSA) is 75.6 Å². The van der Waals surface area contributed by atoms with E-state index in [-0.39, 0.29) is 18.7 Å². The second kappa shape index (κ2) is 6.05. The Morgan fingerprint density at radius 1 is 1.22 bits per heavy atom. The van der Waals surface area contributed by atoms with Crippen LogP contribution in [0.5, 0.6) is 5.75 Å². The lowest BCUT2D eigenvalue weighted by molar-refractivity contribution is -0.138. The van der Waals surface area contributed by atoms with Crippen LogP contribution >= 0.6 is 0 Å². The standard InChI is InChI=1S/C13H17NO4/c1-8-6-10(11(18-3)7-9(8)2)14-12(15)4-5-13(16)17/h6-7H,4-5H2,1-3H3,(H,14,15)(H,16,17). The molecule has 0 atom stereocenters. The summed E-state index contributed by atoms with van der Waals surface area (Å²) in [5.41, 5.74) is 2.66. The summed E-state index contributed by atoms with van der Waals surface area (Å²) in [6.45, 7) is 3.88. The van der Waals surface area contributed by atoms with Gasteiger partial charge in [0, 0.05) is 6.42 Å². The molecule has 0 fully saturated rings. The molecule has 0 aromatic heterocycles. The minimum atomic E-state index is -0.989. The van der Waals surface area contributed by atoms with Crippen LogP contribution in [0.4, 0.5) is 5.69 Å². The van der Waals surface area contributed by atoms with Gasteiger partial charge in [-0.2, -0.15) is 0 Å². The van der Waals surface area contributed by atoms with Crippen molar-refractivity contribution in [1.82, 2.24) is 0 Å². The minimum absolute atomic E-state index is 0.0502. The Morgan fingerprint density at radius 3 is 2.39 bits per heavy atom. The third-order valence-corrected chi connectivity index (χ3v) is 2.66. The number of aryl methyl sites for hydroxylation is 2. The number of benzene rings is 1. The molecule has 1 amide bonds. The lowest BCUT2D eigenvalue weighted by Gasteiger charge is -2.12. The van der Waals surface area contributed by atoms with Crippen LogP contribution in [0.2, 0.25) is 0 Å². The molecule has 0 aliphatic heterocycles. The Balaban J connectivity index is 2.80. The van der Waals surface area contributed by atoms with Crippen molar-refractivity contribution in [3.63, 3.8) is 0 Å². The van der Waals surface area contributed by atoms with Crippen LogP contribution < -0.4 is 10.1 Å². The lowest BCUT2D eigenvalue weighted by atomic mass is 10.1. The van der Waals surface area contributed by atoms with Gasteiger partial charge in [-0.05, 0) is 37.1 Å². The summed E-state index contributed by atoms with van der Waals surface area (Å²) in [4.78, 5) is 21.9. The molecule has 0 bridgehead atoms. The van der Waals surface area contributed by atoms with E-state index in [0.29, 0.717) is 11.4 Å². The van der Waals surface area contributed by atoms with E-state index in [1.54, 1.807) is 0 Å². The third kappa shape index (κ3) is 3.76. The van der Waals surface area contributed by atoms with Crippen LogP contribution in [0, 0.1) is 13.8 Å². The molecule has 1 rings (SSSR count). The fraction of sp³-hybridized carbons (Fsp3) is 0.385. The van der Waals surface area contributed by atoms with E-state index in [2.05, 4.69) is 5.32 Å². The Labute approximate surface area is 106 Å². The largest absolute Gasteiger partial charge is 0.495 e. The summed E-state index contributed by atoms with van der Waals surface area (Å²) in [5, 5.41) is 11.2. The van der Waals surface area contributed by atoms with E-state index in [4.69, 9.17) is 9.84 Å². The summed E-state index contributed by atoms with van der Waals surface area (Å²) >= 11 is 0. The van der Waals surface area contributed by atoms with Gasteiger partial charge < -0.3 is 15.2 Å². The molecule has 98 valence electrons. The van der Waals surface area contributed by atoms with Gasteiger partial charge in [-0.1, -0.05) is 0 Å². The predicted octanol–water partition coefficient (Wildman–Crippen LogP) is 2.12. The molecule has 2 N–H and O–H groups in total. The molecule has 0 aliphatic rings. The highest BCUT2D eigenvalue weighted by Gasteiger charge is 2.10. The highest BCUT2D eigenvalue weighted by atomic mass is 16.5. The number of hydrogen-bond donors (Lipinski definition) is 2. The number of rotatable bonds is 5. The van der Waals surface area contributed by atoms with Gasteiger partial charge in [0.1, 0.15) is 5.75 Å². The monoisotopic (exact) mass is 251 g/mol. The fourth-order valence-electron chi connectivity index (χ4n) is 1.49. The van der Waals surface area contributed by atoms with E-state index < -0.39 is 5.97 Å². The van der Waals surface area contributed by atoms with Crippen molar-refractivity contribution in [1.29, 1.82) is 0 Å². The minimum Gasteiger partial charge on any atom is -0.495 e. The van der Waals surface area contributed by atoms with Crippen molar-refractivity contribution in [3.05, 3.63) is 23.3 Å². The molecule has 0 aliphatic carbocycles. The Morgan fingerprint density at radius 2 is 1.83 bits per heavy atom. The first-order valence-electron chi connectivity index (χ1n) is 5.61. The van der Waals surface area contributed by atoms with Crippen molar-refractivity contribution < 1.29 is 19.4 Å². The van der Waals surface area contributed by atoms with E-state index in [1.807, 2.05) is 26.0 Å². The van der Waals surface area contributed by atoms with Gasteiger partial charge in [0.05, 0.1) is 19.2 Å². The smallest absolute Gasteiger partial charge is 0.303 e. The second-order valence-electron chi connectivity index (χ2n) is 4.08. The van der Waals surface area contributed by atoms with Gasteiger partial charge in [0.2, 0.25) is 5.91 Å². The SMILES string of the molecule is COc1cc(C)c(C)cc1NC(=O)CCC(=O)O. The number of carbonyl (C=O) groups excluding carboxylic acids is 1. The molecule has 0 heterocycles. The maximum atomic E-state index is 11.6. The number of carboxylic acids is 1. The van der Waals surface area contributed by atoms with Crippen molar-refractivity contribution >= 4 is 17.6 Å². The van der Waals surface area contributed by atoms with Gasteiger partial charge in [-0.25, -0.2) is 0 Å². The number of methoxy groups -OCH3 is 1. The van der Waals surface area contributed by atoms with Crippen molar-refractivity contribution in [2.24, 2.45) is 0 Å². The predicted molar refractivity (Wildman–Crippen MR) is 68.0 cm³/mol.